The van der Waals surface area contributed by atoms with Gasteiger partial charge in [-0.2, -0.15) is 0 Å². The highest BCUT2D eigenvalue weighted by molar-refractivity contribution is 9.10. The van der Waals surface area contributed by atoms with Crippen molar-refractivity contribution < 1.29 is 14.3 Å². The van der Waals surface area contributed by atoms with Gasteiger partial charge < -0.3 is 14.8 Å². The van der Waals surface area contributed by atoms with Gasteiger partial charge in [0, 0.05) is 16.2 Å². The molecule has 1 heterocycles. The van der Waals surface area contributed by atoms with E-state index >= 15 is 0 Å². The predicted octanol–water partition coefficient (Wildman–Crippen LogP) is 7.95. The molecule has 38 heavy (non-hydrogen) atoms. The van der Waals surface area contributed by atoms with Gasteiger partial charge in [-0.3, -0.25) is 9.36 Å². The Hall–Kier alpha value is -2.23. The zero-order chi connectivity index (χ0) is 27.2. The monoisotopic (exact) mass is 620 g/mol. The van der Waals surface area contributed by atoms with E-state index in [9.17, 15) is 4.79 Å². The summed E-state index contributed by atoms with van der Waals surface area (Å²) in [6.07, 6.45) is 5.74. The molecule has 0 bridgehead atoms. The minimum Gasteiger partial charge on any atom is -0.495 e. The molecule has 204 valence electrons. The van der Waals surface area contributed by atoms with Gasteiger partial charge in [-0.15, -0.1) is 10.2 Å². The number of aryl methyl sites for hydroxylation is 1. The van der Waals surface area contributed by atoms with E-state index in [4.69, 9.17) is 21.1 Å². The first-order valence-corrected chi connectivity index (χ1v) is 15.0. The summed E-state index contributed by atoms with van der Waals surface area (Å²) in [6, 6.07) is 9.69. The second-order valence-electron chi connectivity index (χ2n) is 9.83. The van der Waals surface area contributed by atoms with Crippen molar-refractivity contribution in [3.63, 3.8) is 0 Å². The molecular formula is C28H34BrClN4O3S. The fourth-order valence-electron chi connectivity index (χ4n) is 4.67. The second kappa shape index (κ2) is 13.2. The average Bonchev–Trinajstić information content (AvgIpc) is 3.31. The van der Waals surface area contributed by atoms with Crippen LogP contribution >= 0.6 is 39.3 Å². The first kappa shape index (κ1) is 28.8. The van der Waals surface area contributed by atoms with Gasteiger partial charge in [-0.1, -0.05) is 72.4 Å². The van der Waals surface area contributed by atoms with Crippen molar-refractivity contribution >= 4 is 50.9 Å². The van der Waals surface area contributed by atoms with Crippen molar-refractivity contribution in [3.05, 3.63) is 56.8 Å². The largest absolute Gasteiger partial charge is 0.495 e. The van der Waals surface area contributed by atoms with Crippen LogP contribution in [-0.2, 0) is 11.4 Å². The number of ether oxygens (including phenoxy) is 2. The molecule has 0 unspecified atom stereocenters. The molecule has 4 rings (SSSR count). The third kappa shape index (κ3) is 7.04. The third-order valence-electron chi connectivity index (χ3n) is 6.71. The molecule has 10 heteroatoms. The molecule has 1 aromatic heterocycles. The normalized spacial score (nSPS) is 14.1. The van der Waals surface area contributed by atoms with Crippen LogP contribution in [0, 0.1) is 6.92 Å². The molecule has 0 radical (unpaired) electrons. The summed E-state index contributed by atoms with van der Waals surface area (Å²) >= 11 is 11.2. The Morgan fingerprint density at radius 2 is 1.95 bits per heavy atom. The fraction of sp³-hybridized carbons (Fsp3) is 0.464. The van der Waals surface area contributed by atoms with Crippen LogP contribution in [0.25, 0.3) is 0 Å². The molecule has 1 fully saturated rings. The quantitative estimate of drug-likeness (QED) is 0.232. The zero-order valence-corrected chi connectivity index (χ0v) is 25.4. The highest BCUT2D eigenvalue weighted by atomic mass is 79.9. The first-order valence-electron chi connectivity index (χ1n) is 12.9. The smallest absolute Gasteiger partial charge is 0.234 e. The zero-order valence-electron chi connectivity index (χ0n) is 22.2. The number of nitrogens with one attached hydrogen (secondary N) is 1. The lowest BCUT2D eigenvalue weighted by molar-refractivity contribution is -0.113. The van der Waals surface area contributed by atoms with Gasteiger partial charge in [0.25, 0.3) is 0 Å². The van der Waals surface area contributed by atoms with E-state index in [0.29, 0.717) is 35.0 Å². The van der Waals surface area contributed by atoms with Crippen LogP contribution in [0.2, 0.25) is 5.02 Å². The molecule has 1 N–H and O–H groups in total. The molecule has 1 aliphatic carbocycles. The summed E-state index contributed by atoms with van der Waals surface area (Å²) in [4.78, 5) is 12.7. The molecule has 0 aliphatic heterocycles. The Balaban J connectivity index is 1.49. The minimum absolute atomic E-state index is 0.140. The lowest BCUT2D eigenvalue weighted by Crippen LogP contribution is -2.19. The van der Waals surface area contributed by atoms with Crippen molar-refractivity contribution in [3.8, 4) is 11.5 Å². The van der Waals surface area contributed by atoms with E-state index in [1.54, 1.807) is 25.3 Å². The van der Waals surface area contributed by atoms with Crippen molar-refractivity contribution in [2.75, 3.05) is 18.2 Å². The summed E-state index contributed by atoms with van der Waals surface area (Å²) in [7, 11) is 1.56. The maximum Gasteiger partial charge on any atom is 0.234 e. The Labute approximate surface area is 242 Å². The third-order valence-corrected chi connectivity index (χ3v) is 8.81. The molecular weight excluding hydrogens is 588 g/mol. The highest BCUT2D eigenvalue weighted by Crippen LogP contribution is 2.35. The SMILES string of the molecule is COc1ccc(NC(=O)CSc2nnc(COc3cc(C)c(Br)cc3C(C)C)n2C2CCCCC2)cc1Cl. The van der Waals surface area contributed by atoms with Crippen molar-refractivity contribution in [2.24, 2.45) is 0 Å². The number of carbonyl (C=O) groups is 1. The predicted molar refractivity (Wildman–Crippen MR) is 157 cm³/mol. The number of methoxy groups -OCH3 is 1. The lowest BCUT2D eigenvalue weighted by atomic mass is 9.95. The number of benzene rings is 2. The Bertz CT molecular complexity index is 1280. The van der Waals surface area contributed by atoms with Crippen LogP contribution in [0.15, 0.2) is 40.0 Å². The minimum atomic E-state index is -0.140. The van der Waals surface area contributed by atoms with Gasteiger partial charge >= 0.3 is 0 Å². The van der Waals surface area contributed by atoms with E-state index in [1.165, 1.54) is 31.0 Å². The Kier molecular flexibility index (Phi) is 10.0. The number of halogens is 2. The number of rotatable bonds is 10. The topological polar surface area (TPSA) is 78.3 Å². The van der Waals surface area contributed by atoms with E-state index < -0.39 is 0 Å². The Morgan fingerprint density at radius 1 is 1.18 bits per heavy atom. The van der Waals surface area contributed by atoms with Gasteiger partial charge in [0.2, 0.25) is 5.91 Å². The molecule has 3 aromatic rings. The summed E-state index contributed by atoms with van der Waals surface area (Å²) < 4.78 is 14.8. The van der Waals surface area contributed by atoms with Gasteiger partial charge in [0.1, 0.15) is 18.1 Å². The van der Waals surface area contributed by atoms with Gasteiger partial charge in [-0.25, -0.2) is 0 Å². The van der Waals surface area contributed by atoms with Gasteiger partial charge in [-0.05, 0) is 67.1 Å². The van der Waals surface area contributed by atoms with E-state index in [2.05, 4.69) is 68.9 Å². The van der Waals surface area contributed by atoms with Crippen LogP contribution in [0.4, 0.5) is 5.69 Å². The summed E-state index contributed by atoms with van der Waals surface area (Å²) in [6.45, 7) is 6.70. The van der Waals surface area contributed by atoms with Crippen molar-refractivity contribution in [1.29, 1.82) is 0 Å². The number of aromatic nitrogens is 3. The first-order chi connectivity index (χ1) is 18.3. The van der Waals surface area contributed by atoms with Gasteiger partial charge in [0.05, 0.1) is 17.9 Å². The lowest BCUT2D eigenvalue weighted by Gasteiger charge is -2.25. The number of hydrogen-bond donors (Lipinski definition) is 1. The molecule has 0 atom stereocenters. The number of nitrogens with zero attached hydrogens (tertiary/aromatic N) is 3. The Morgan fingerprint density at radius 3 is 2.63 bits per heavy atom. The standard InChI is InChI=1S/C28H34BrClN4O3S/c1-17(2)21-14-22(29)18(3)12-25(21)37-15-26-32-33-28(34(26)20-8-6-5-7-9-20)38-16-27(35)31-19-10-11-24(36-4)23(30)13-19/h10-14,17,20H,5-9,15-16H2,1-4H3,(H,31,35). The molecule has 1 saturated carbocycles. The number of amides is 1. The highest BCUT2D eigenvalue weighted by Gasteiger charge is 2.24. The van der Waals surface area contributed by atoms with Gasteiger partial charge in [0.15, 0.2) is 11.0 Å². The molecule has 0 saturated heterocycles. The molecule has 2 aromatic carbocycles. The number of thioether (sulfide) groups is 1. The number of hydrogen-bond acceptors (Lipinski definition) is 6. The second-order valence-corrected chi connectivity index (χ2v) is 12.0. The number of anilines is 1. The number of carbonyl (C=O) groups excluding carboxylic acids is 1. The maximum atomic E-state index is 12.7. The van der Waals surface area contributed by atoms with Crippen molar-refractivity contribution in [1.82, 2.24) is 14.8 Å². The summed E-state index contributed by atoms with van der Waals surface area (Å²) in [5.74, 6) is 2.61. The van der Waals surface area contributed by atoms with E-state index in [0.717, 1.165) is 45.2 Å². The van der Waals surface area contributed by atoms with Crippen LogP contribution in [-0.4, -0.2) is 33.5 Å². The van der Waals surface area contributed by atoms with Crippen LogP contribution in [0.3, 0.4) is 0 Å². The molecule has 1 amide bonds. The molecule has 1 aliphatic rings. The average molecular weight is 622 g/mol. The van der Waals surface area contributed by atoms with Crippen LogP contribution < -0.4 is 14.8 Å². The van der Waals surface area contributed by atoms with Crippen LogP contribution in [0.5, 0.6) is 11.5 Å². The summed E-state index contributed by atoms with van der Waals surface area (Å²) in [5, 5.41) is 13.1. The maximum absolute atomic E-state index is 12.7. The molecule has 7 nitrogen and oxygen atoms in total. The molecule has 0 spiro atoms. The van der Waals surface area contributed by atoms with Crippen molar-refractivity contribution in [2.45, 2.75) is 76.6 Å². The van der Waals surface area contributed by atoms with E-state index in [1.807, 2.05) is 0 Å². The van der Waals surface area contributed by atoms with Crippen LogP contribution in [0.1, 0.15) is 74.9 Å². The fourth-order valence-corrected chi connectivity index (χ4v) is 6.11. The van der Waals surface area contributed by atoms with E-state index in [-0.39, 0.29) is 11.7 Å². The summed E-state index contributed by atoms with van der Waals surface area (Å²) in [5.41, 5.74) is 2.89.